The van der Waals surface area contributed by atoms with Crippen LogP contribution in [0, 0.1) is 0 Å². The zero-order valence-corrected chi connectivity index (χ0v) is 11.3. The smallest absolute Gasteiger partial charge is 0.339 e. The largest absolute Gasteiger partial charge is 0.478 e. The first-order valence-electron chi connectivity index (χ1n) is 7.18. The second-order valence-electron chi connectivity index (χ2n) is 5.76. The van der Waals surface area contributed by atoms with E-state index in [9.17, 15) is 9.90 Å². The van der Waals surface area contributed by atoms with Gasteiger partial charge in [-0.1, -0.05) is 6.92 Å². The molecule has 0 bridgehead atoms. The minimum absolute atomic E-state index is 0.0735. The summed E-state index contributed by atoms with van der Waals surface area (Å²) in [6, 6.07) is 1.82. The van der Waals surface area contributed by atoms with Crippen molar-refractivity contribution in [1.82, 2.24) is 4.98 Å². The summed E-state index contributed by atoms with van der Waals surface area (Å²) in [5.74, 6) is -0.301. The van der Waals surface area contributed by atoms with Crippen LogP contribution in [0.5, 0.6) is 0 Å². The molecule has 0 spiro atoms. The second-order valence-corrected chi connectivity index (χ2v) is 5.76. The molecule has 0 radical (unpaired) electrons. The third kappa shape index (κ3) is 2.09. The summed E-state index contributed by atoms with van der Waals surface area (Å²) < 4.78 is 0. The maximum absolute atomic E-state index is 11.4. The maximum Gasteiger partial charge on any atom is 0.339 e. The Bertz CT molecular complexity index is 516. The van der Waals surface area contributed by atoms with E-state index in [0.29, 0.717) is 11.4 Å². The van der Waals surface area contributed by atoms with Crippen LogP contribution in [0.2, 0.25) is 0 Å². The molecule has 4 nitrogen and oxygen atoms in total. The number of carboxylic acids is 1. The van der Waals surface area contributed by atoms with Gasteiger partial charge in [-0.3, -0.25) is 0 Å². The van der Waals surface area contributed by atoms with E-state index < -0.39 is 5.97 Å². The first kappa shape index (κ1) is 12.5. The van der Waals surface area contributed by atoms with Crippen LogP contribution in [0.1, 0.15) is 60.6 Å². The SMILES string of the molecule is CCC1(Nc2nc3c(cc2C(=O)O)CCC3)CCC1. The van der Waals surface area contributed by atoms with Crippen molar-refractivity contribution >= 4 is 11.8 Å². The van der Waals surface area contributed by atoms with Crippen LogP contribution in [0.15, 0.2) is 6.07 Å². The van der Waals surface area contributed by atoms with Gasteiger partial charge < -0.3 is 10.4 Å². The van der Waals surface area contributed by atoms with Crippen molar-refractivity contribution in [2.24, 2.45) is 0 Å². The van der Waals surface area contributed by atoms with Gasteiger partial charge >= 0.3 is 5.97 Å². The molecule has 0 amide bonds. The number of rotatable bonds is 4. The molecule has 1 fully saturated rings. The molecular weight excluding hydrogens is 240 g/mol. The molecule has 0 atom stereocenters. The second kappa shape index (κ2) is 4.51. The minimum Gasteiger partial charge on any atom is -0.478 e. The van der Waals surface area contributed by atoms with Crippen LogP contribution < -0.4 is 5.32 Å². The van der Waals surface area contributed by atoms with E-state index in [2.05, 4.69) is 17.2 Å². The molecule has 0 aliphatic heterocycles. The molecule has 19 heavy (non-hydrogen) atoms. The number of carboxylic acid groups (broad SMARTS) is 1. The van der Waals surface area contributed by atoms with E-state index in [1.807, 2.05) is 6.07 Å². The number of fused-ring (bicyclic) bond motifs is 1. The Hall–Kier alpha value is -1.58. The molecule has 0 aromatic carbocycles. The number of carbonyl (C=O) groups is 1. The molecule has 0 saturated heterocycles. The van der Waals surface area contributed by atoms with E-state index >= 15 is 0 Å². The van der Waals surface area contributed by atoms with Crippen molar-refractivity contribution in [3.05, 3.63) is 22.9 Å². The van der Waals surface area contributed by atoms with Gasteiger partial charge in [-0.05, 0) is 56.6 Å². The third-order valence-corrected chi connectivity index (χ3v) is 4.65. The highest BCUT2D eigenvalue weighted by molar-refractivity contribution is 5.93. The van der Waals surface area contributed by atoms with E-state index in [-0.39, 0.29) is 5.54 Å². The number of nitrogens with zero attached hydrogens (tertiary/aromatic N) is 1. The Morgan fingerprint density at radius 1 is 1.42 bits per heavy atom. The molecule has 2 aliphatic carbocycles. The van der Waals surface area contributed by atoms with Gasteiger partial charge in [0.1, 0.15) is 11.4 Å². The summed E-state index contributed by atoms with van der Waals surface area (Å²) in [6.07, 6.45) is 7.48. The van der Waals surface area contributed by atoms with E-state index in [1.165, 1.54) is 6.42 Å². The van der Waals surface area contributed by atoms with Crippen molar-refractivity contribution in [1.29, 1.82) is 0 Å². The van der Waals surface area contributed by atoms with Crippen molar-refractivity contribution in [2.45, 2.75) is 57.4 Å². The average molecular weight is 260 g/mol. The summed E-state index contributed by atoms with van der Waals surface area (Å²) in [6.45, 7) is 2.15. The Balaban J connectivity index is 1.97. The molecule has 1 aromatic heterocycles. The minimum atomic E-state index is -0.879. The van der Waals surface area contributed by atoms with Gasteiger partial charge in [0, 0.05) is 11.2 Å². The fraction of sp³-hybridized carbons (Fsp3) is 0.600. The average Bonchev–Trinajstić information content (AvgIpc) is 2.79. The number of aromatic nitrogens is 1. The highest BCUT2D eigenvalue weighted by atomic mass is 16.4. The van der Waals surface area contributed by atoms with Crippen molar-refractivity contribution in [3.63, 3.8) is 0 Å². The van der Waals surface area contributed by atoms with Gasteiger partial charge in [0.15, 0.2) is 0 Å². The van der Waals surface area contributed by atoms with Crippen molar-refractivity contribution in [2.75, 3.05) is 5.32 Å². The van der Waals surface area contributed by atoms with Crippen LogP contribution in [-0.2, 0) is 12.8 Å². The number of aryl methyl sites for hydroxylation is 2. The van der Waals surface area contributed by atoms with Crippen LogP contribution in [0.25, 0.3) is 0 Å². The fourth-order valence-electron chi connectivity index (χ4n) is 3.15. The molecule has 4 heteroatoms. The number of nitrogens with one attached hydrogen (secondary N) is 1. The number of hydrogen-bond donors (Lipinski definition) is 2. The zero-order chi connectivity index (χ0) is 13.5. The maximum atomic E-state index is 11.4. The molecule has 2 aliphatic rings. The van der Waals surface area contributed by atoms with Crippen LogP contribution >= 0.6 is 0 Å². The van der Waals surface area contributed by atoms with E-state index in [0.717, 1.165) is 49.8 Å². The molecule has 102 valence electrons. The molecule has 1 aromatic rings. The first-order chi connectivity index (χ1) is 9.13. The number of pyridine rings is 1. The third-order valence-electron chi connectivity index (χ3n) is 4.65. The van der Waals surface area contributed by atoms with Crippen LogP contribution in [0.4, 0.5) is 5.82 Å². The number of hydrogen-bond acceptors (Lipinski definition) is 3. The van der Waals surface area contributed by atoms with Gasteiger partial charge in [-0.25, -0.2) is 9.78 Å². The number of anilines is 1. The van der Waals surface area contributed by atoms with Gasteiger partial charge in [0.2, 0.25) is 0 Å². The zero-order valence-electron chi connectivity index (χ0n) is 11.3. The fourth-order valence-corrected chi connectivity index (χ4v) is 3.15. The standard InChI is InChI=1S/C15H20N2O2/c1-2-15(7-4-8-15)17-13-11(14(18)19)9-10-5-3-6-12(10)16-13/h9H,2-8H2,1H3,(H,16,17)(H,18,19). The lowest BCUT2D eigenvalue weighted by atomic mass is 9.75. The van der Waals surface area contributed by atoms with Gasteiger partial charge in [0.05, 0.1) is 0 Å². The summed E-state index contributed by atoms with van der Waals surface area (Å²) in [5.41, 5.74) is 2.60. The Kier molecular flexibility index (Phi) is 2.96. The summed E-state index contributed by atoms with van der Waals surface area (Å²) >= 11 is 0. The lowest BCUT2D eigenvalue weighted by Crippen LogP contribution is -2.45. The number of aromatic carboxylic acids is 1. The predicted octanol–water partition coefficient (Wildman–Crippen LogP) is 3.01. The molecular formula is C15H20N2O2. The predicted molar refractivity (Wildman–Crippen MR) is 73.7 cm³/mol. The van der Waals surface area contributed by atoms with Gasteiger partial charge in [-0.2, -0.15) is 0 Å². The van der Waals surface area contributed by atoms with Gasteiger partial charge in [0.25, 0.3) is 0 Å². The monoisotopic (exact) mass is 260 g/mol. The molecule has 0 unspecified atom stereocenters. The van der Waals surface area contributed by atoms with E-state index in [1.54, 1.807) is 0 Å². The Labute approximate surface area is 113 Å². The summed E-state index contributed by atoms with van der Waals surface area (Å²) in [4.78, 5) is 16.0. The Morgan fingerprint density at radius 2 is 2.21 bits per heavy atom. The molecule has 3 rings (SSSR count). The highest BCUT2D eigenvalue weighted by Crippen LogP contribution is 2.38. The molecule has 1 heterocycles. The van der Waals surface area contributed by atoms with Gasteiger partial charge in [-0.15, -0.1) is 0 Å². The highest BCUT2D eigenvalue weighted by Gasteiger charge is 2.36. The first-order valence-corrected chi connectivity index (χ1v) is 7.18. The lowest BCUT2D eigenvalue weighted by molar-refractivity contribution is 0.0697. The van der Waals surface area contributed by atoms with Crippen LogP contribution in [-0.4, -0.2) is 21.6 Å². The lowest BCUT2D eigenvalue weighted by Gasteiger charge is -2.42. The normalized spacial score (nSPS) is 19.6. The molecule has 1 saturated carbocycles. The summed E-state index contributed by atoms with van der Waals surface area (Å²) in [7, 11) is 0. The summed E-state index contributed by atoms with van der Waals surface area (Å²) in [5, 5.41) is 12.8. The topological polar surface area (TPSA) is 62.2 Å². The Morgan fingerprint density at radius 3 is 2.79 bits per heavy atom. The van der Waals surface area contributed by atoms with Crippen molar-refractivity contribution in [3.8, 4) is 0 Å². The van der Waals surface area contributed by atoms with E-state index in [4.69, 9.17) is 0 Å². The molecule has 2 N–H and O–H groups in total. The van der Waals surface area contributed by atoms with Crippen molar-refractivity contribution < 1.29 is 9.90 Å². The quantitative estimate of drug-likeness (QED) is 0.873. The van der Waals surface area contributed by atoms with Crippen LogP contribution in [0.3, 0.4) is 0 Å².